The van der Waals surface area contributed by atoms with E-state index in [-0.39, 0.29) is 5.60 Å². The number of methoxy groups -OCH3 is 1. The molecule has 1 N–H and O–H groups in total. The summed E-state index contributed by atoms with van der Waals surface area (Å²) >= 11 is 0. The average molecular weight is 241 g/mol. The summed E-state index contributed by atoms with van der Waals surface area (Å²) in [5, 5.41) is 3.72. The van der Waals surface area contributed by atoms with Gasteiger partial charge in [0.05, 0.1) is 5.60 Å². The number of nitrogens with one attached hydrogen (secondary N) is 1. The smallest absolute Gasteiger partial charge is 0.0833 e. The Bertz CT molecular complexity index is 207. The van der Waals surface area contributed by atoms with Gasteiger partial charge in [0.1, 0.15) is 0 Å². The monoisotopic (exact) mass is 241 g/mol. The van der Waals surface area contributed by atoms with Gasteiger partial charge in [-0.3, -0.25) is 0 Å². The number of ether oxygens (including phenoxy) is 1. The summed E-state index contributed by atoms with van der Waals surface area (Å²) in [6.45, 7) is 10.3. The van der Waals surface area contributed by atoms with Crippen LogP contribution in [0.4, 0.5) is 0 Å². The molecule has 1 rings (SSSR count). The zero-order valence-electron chi connectivity index (χ0n) is 12.4. The molecule has 0 amide bonds. The summed E-state index contributed by atoms with van der Waals surface area (Å²) in [5.41, 5.74) is 0.0792. The maximum Gasteiger partial charge on any atom is 0.0833 e. The van der Waals surface area contributed by atoms with Crippen molar-refractivity contribution in [3.05, 3.63) is 0 Å². The highest BCUT2D eigenvalue weighted by Gasteiger charge is 2.42. The Morgan fingerprint density at radius 2 is 1.88 bits per heavy atom. The molecule has 1 unspecified atom stereocenters. The summed E-state index contributed by atoms with van der Waals surface area (Å²) in [5.74, 6) is 1.51. The van der Waals surface area contributed by atoms with Crippen molar-refractivity contribution in [3.8, 4) is 0 Å². The number of hydrogen-bond donors (Lipinski definition) is 1. The van der Waals surface area contributed by atoms with Crippen LogP contribution in [0.1, 0.15) is 59.8 Å². The van der Waals surface area contributed by atoms with Crippen molar-refractivity contribution in [2.24, 2.45) is 11.8 Å². The van der Waals surface area contributed by atoms with Crippen molar-refractivity contribution in [1.29, 1.82) is 0 Å². The first kappa shape index (κ1) is 15.0. The molecule has 1 saturated carbocycles. The summed E-state index contributed by atoms with van der Waals surface area (Å²) < 4.78 is 5.99. The minimum Gasteiger partial charge on any atom is -0.377 e. The third-order valence-corrected chi connectivity index (χ3v) is 4.37. The van der Waals surface area contributed by atoms with E-state index in [0.717, 1.165) is 12.5 Å². The molecule has 1 atom stereocenters. The van der Waals surface area contributed by atoms with Gasteiger partial charge in [-0.1, -0.05) is 27.7 Å². The minimum atomic E-state index is 0.0792. The molecule has 1 aliphatic rings. The predicted molar refractivity (Wildman–Crippen MR) is 74.3 cm³/mol. The van der Waals surface area contributed by atoms with Crippen LogP contribution in [0.3, 0.4) is 0 Å². The Morgan fingerprint density at radius 3 is 2.29 bits per heavy atom. The van der Waals surface area contributed by atoms with Crippen molar-refractivity contribution < 1.29 is 4.74 Å². The molecule has 0 heterocycles. The van der Waals surface area contributed by atoms with E-state index in [9.17, 15) is 0 Å². The molecule has 0 spiro atoms. The Kier molecular flexibility index (Phi) is 5.94. The Labute approximate surface area is 108 Å². The fourth-order valence-corrected chi connectivity index (χ4v) is 3.22. The van der Waals surface area contributed by atoms with Gasteiger partial charge in [-0.05, 0) is 50.5 Å². The summed E-state index contributed by atoms with van der Waals surface area (Å²) in [4.78, 5) is 0. The lowest BCUT2D eigenvalue weighted by molar-refractivity contribution is -0.0849. The molecule has 0 radical (unpaired) electrons. The summed E-state index contributed by atoms with van der Waals surface area (Å²) in [6, 6.07) is 0.500. The van der Waals surface area contributed by atoms with Crippen LogP contribution >= 0.6 is 0 Å². The lowest BCUT2D eigenvalue weighted by atomic mass is 9.72. The molecule has 0 saturated heterocycles. The van der Waals surface area contributed by atoms with Crippen LogP contribution in [0.5, 0.6) is 0 Å². The van der Waals surface area contributed by atoms with Gasteiger partial charge in [0, 0.05) is 13.2 Å². The fourth-order valence-electron chi connectivity index (χ4n) is 3.22. The first-order chi connectivity index (χ1) is 8.05. The zero-order valence-corrected chi connectivity index (χ0v) is 12.4. The first-order valence-corrected chi connectivity index (χ1v) is 7.34. The lowest BCUT2D eigenvalue weighted by Crippen LogP contribution is -2.56. The molecule has 2 heteroatoms. The molecule has 2 nitrogen and oxygen atoms in total. The van der Waals surface area contributed by atoms with E-state index < -0.39 is 0 Å². The van der Waals surface area contributed by atoms with E-state index in [0.29, 0.717) is 12.0 Å². The molecule has 0 aromatic heterocycles. The van der Waals surface area contributed by atoms with E-state index in [4.69, 9.17) is 4.74 Å². The van der Waals surface area contributed by atoms with Crippen LogP contribution in [0, 0.1) is 11.8 Å². The van der Waals surface area contributed by atoms with Gasteiger partial charge in [0.15, 0.2) is 0 Å². The minimum absolute atomic E-state index is 0.0792. The second kappa shape index (κ2) is 6.75. The van der Waals surface area contributed by atoms with Crippen LogP contribution in [-0.4, -0.2) is 25.3 Å². The fraction of sp³-hybridized carbons (Fsp3) is 1.00. The molecule has 17 heavy (non-hydrogen) atoms. The molecule has 0 aromatic rings. The molecule has 0 bridgehead atoms. The van der Waals surface area contributed by atoms with Gasteiger partial charge in [-0.2, -0.15) is 0 Å². The van der Waals surface area contributed by atoms with E-state index in [1.54, 1.807) is 0 Å². The van der Waals surface area contributed by atoms with Crippen LogP contribution in [-0.2, 0) is 4.74 Å². The Morgan fingerprint density at radius 1 is 1.29 bits per heavy atom. The van der Waals surface area contributed by atoms with Crippen molar-refractivity contribution in [2.75, 3.05) is 13.7 Å². The van der Waals surface area contributed by atoms with Crippen LogP contribution < -0.4 is 5.32 Å². The maximum absolute atomic E-state index is 5.99. The van der Waals surface area contributed by atoms with Crippen molar-refractivity contribution >= 4 is 0 Å². The predicted octanol–water partition coefficient (Wildman–Crippen LogP) is 3.61. The highest BCUT2D eigenvalue weighted by atomic mass is 16.5. The molecule has 102 valence electrons. The first-order valence-electron chi connectivity index (χ1n) is 7.34. The normalized spacial score (nSPS) is 31.8. The van der Waals surface area contributed by atoms with Crippen molar-refractivity contribution in [1.82, 2.24) is 5.32 Å². The molecule has 1 fully saturated rings. The van der Waals surface area contributed by atoms with E-state index in [1.807, 2.05) is 7.11 Å². The molecular weight excluding hydrogens is 210 g/mol. The third kappa shape index (κ3) is 3.69. The molecular formula is C15H31NO. The van der Waals surface area contributed by atoms with E-state index >= 15 is 0 Å². The van der Waals surface area contributed by atoms with Gasteiger partial charge in [0.2, 0.25) is 0 Å². The summed E-state index contributed by atoms with van der Waals surface area (Å²) in [7, 11) is 1.90. The zero-order chi connectivity index (χ0) is 12.9. The largest absolute Gasteiger partial charge is 0.377 e. The molecule has 1 aliphatic carbocycles. The van der Waals surface area contributed by atoms with Crippen molar-refractivity contribution in [3.63, 3.8) is 0 Å². The highest BCUT2D eigenvalue weighted by Crippen LogP contribution is 2.38. The molecule has 0 aliphatic heterocycles. The van der Waals surface area contributed by atoms with Crippen LogP contribution in [0.25, 0.3) is 0 Å². The topological polar surface area (TPSA) is 21.3 Å². The number of rotatable bonds is 6. The van der Waals surface area contributed by atoms with Crippen LogP contribution in [0.2, 0.25) is 0 Å². The summed E-state index contributed by atoms with van der Waals surface area (Å²) in [6.07, 6.45) is 6.24. The van der Waals surface area contributed by atoms with E-state index in [1.165, 1.54) is 32.1 Å². The van der Waals surface area contributed by atoms with Gasteiger partial charge in [-0.15, -0.1) is 0 Å². The van der Waals surface area contributed by atoms with E-state index in [2.05, 4.69) is 33.0 Å². The maximum atomic E-state index is 5.99. The Balaban J connectivity index is 2.72. The third-order valence-electron chi connectivity index (χ3n) is 4.37. The standard InChI is InChI=1S/C15H31NO/c1-6-11-16-14(12(2)3)15(17-5)9-7-13(4)8-10-15/h12-14,16H,6-11H2,1-5H3. The Hall–Kier alpha value is -0.0800. The van der Waals surface area contributed by atoms with Gasteiger partial charge >= 0.3 is 0 Å². The van der Waals surface area contributed by atoms with Gasteiger partial charge < -0.3 is 10.1 Å². The second-order valence-corrected chi connectivity index (χ2v) is 6.13. The second-order valence-electron chi connectivity index (χ2n) is 6.13. The lowest BCUT2D eigenvalue weighted by Gasteiger charge is -2.46. The average Bonchev–Trinajstić information content (AvgIpc) is 2.32. The molecule has 0 aromatic carbocycles. The van der Waals surface area contributed by atoms with Crippen molar-refractivity contribution in [2.45, 2.75) is 71.4 Å². The van der Waals surface area contributed by atoms with Gasteiger partial charge in [0.25, 0.3) is 0 Å². The highest BCUT2D eigenvalue weighted by molar-refractivity contribution is 4.97. The van der Waals surface area contributed by atoms with Gasteiger partial charge in [-0.25, -0.2) is 0 Å². The quantitative estimate of drug-likeness (QED) is 0.767. The number of hydrogen-bond acceptors (Lipinski definition) is 2. The van der Waals surface area contributed by atoms with Crippen LogP contribution in [0.15, 0.2) is 0 Å². The SMILES string of the molecule is CCCNC(C(C)C)C1(OC)CCC(C)CC1.